The fourth-order valence-electron chi connectivity index (χ4n) is 3.61. The topological polar surface area (TPSA) is 103 Å². The highest BCUT2D eigenvalue weighted by Gasteiger charge is 2.36. The molecule has 0 N–H and O–H groups in total. The molecule has 3 aromatic rings. The molecule has 1 amide bonds. The Bertz CT molecular complexity index is 1230. The number of amides is 1. The maximum atomic E-state index is 12.5. The van der Waals surface area contributed by atoms with Crippen LogP contribution in [-0.4, -0.2) is 36.8 Å². The minimum atomic E-state index is -0.654. The van der Waals surface area contributed by atoms with Gasteiger partial charge in [0.25, 0.3) is 0 Å². The number of carbonyl (C=O) groups is 4. The van der Waals surface area contributed by atoms with E-state index in [2.05, 4.69) is 0 Å². The molecular formula is C26H23NO7. The number of hydrogen-bond acceptors (Lipinski definition) is 7. The Hall–Kier alpha value is -4.20. The number of ether oxygens (including phenoxy) is 2. The third kappa shape index (κ3) is 5.06. The number of carbonyl (C=O) groups excluding carboxylic acids is 4. The number of furan rings is 1. The number of rotatable bonds is 7. The van der Waals surface area contributed by atoms with Crippen LogP contribution in [0.3, 0.4) is 0 Å². The first-order valence-corrected chi connectivity index (χ1v) is 10.7. The van der Waals surface area contributed by atoms with Crippen LogP contribution in [0, 0.1) is 19.8 Å². The zero-order valence-corrected chi connectivity index (χ0v) is 18.8. The van der Waals surface area contributed by atoms with Gasteiger partial charge in [0.2, 0.25) is 11.7 Å². The molecule has 0 radical (unpaired) electrons. The highest BCUT2D eigenvalue weighted by atomic mass is 16.5. The monoisotopic (exact) mass is 461 g/mol. The first kappa shape index (κ1) is 23.0. The summed E-state index contributed by atoms with van der Waals surface area (Å²) in [4.78, 5) is 50.8. The van der Waals surface area contributed by atoms with Crippen molar-refractivity contribution in [2.75, 3.05) is 18.1 Å². The largest absolute Gasteiger partial charge is 0.457 e. The van der Waals surface area contributed by atoms with Crippen LogP contribution in [0.25, 0.3) is 0 Å². The van der Waals surface area contributed by atoms with E-state index in [4.69, 9.17) is 13.9 Å². The summed E-state index contributed by atoms with van der Waals surface area (Å²) in [5.74, 6) is -2.13. The fraction of sp³-hybridized carbons (Fsp3) is 0.231. The van der Waals surface area contributed by atoms with E-state index < -0.39 is 30.2 Å². The number of anilines is 1. The molecule has 2 aromatic carbocycles. The molecule has 1 atom stereocenters. The molecule has 0 spiro atoms. The van der Waals surface area contributed by atoms with Gasteiger partial charge in [-0.25, -0.2) is 4.79 Å². The van der Waals surface area contributed by atoms with Gasteiger partial charge in [0.05, 0.1) is 12.2 Å². The molecule has 1 fully saturated rings. The van der Waals surface area contributed by atoms with E-state index in [9.17, 15) is 19.2 Å². The minimum Gasteiger partial charge on any atom is -0.457 e. The van der Waals surface area contributed by atoms with Crippen molar-refractivity contribution in [1.29, 1.82) is 0 Å². The number of benzene rings is 2. The van der Waals surface area contributed by atoms with Gasteiger partial charge in [-0.2, -0.15) is 0 Å². The predicted molar refractivity (Wildman–Crippen MR) is 122 cm³/mol. The molecule has 8 nitrogen and oxygen atoms in total. The molecule has 2 heterocycles. The van der Waals surface area contributed by atoms with Gasteiger partial charge in [0, 0.05) is 24.2 Å². The van der Waals surface area contributed by atoms with Gasteiger partial charge in [-0.15, -0.1) is 0 Å². The van der Waals surface area contributed by atoms with Crippen molar-refractivity contribution in [3.63, 3.8) is 0 Å². The van der Waals surface area contributed by atoms with Crippen LogP contribution in [0.1, 0.15) is 38.5 Å². The van der Waals surface area contributed by atoms with Crippen LogP contribution in [0.15, 0.2) is 65.3 Å². The fourth-order valence-corrected chi connectivity index (χ4v) is 3.61. The van der Waals surface area contributed by atoms with Gasteiger partial charge >= 0.3 is 11.9 Å². The maximum Gasteiger partial charge on any atom is 0.379 e. The second-order valence-electron chi connectivity index (χ2n) is 8.10. The number of esters is 2. The lowest BCUT2D eigenvalue weighted by Gasteiger charge is -2.17. The van der Waals surface area contributed by atoms with Crippen LogP contribution in [0.2, 0.25) is 0 Å². The third-order valence-electron chi connectivity index (χ3n) is 5.72. The molecule has 1 aliphatic heterocycles. The van der Waals surface area contributed by atoms with Gasteiger partial charge < -0.3 is 18.8 Å². The quantitative estimate of drug-likeness (QED) is 0.299. The maximum absolute atomic E-state index is 12.5. The zero-order chi connectivity index (χ0) is 24.2. The Morgan fingerprint density at radius 2 is 1.79 bits per heavy atom. The number of hydrogen-bond donors (Lipinski definition) is 0. The van der Waals surface area contributed by atoms with Crippen molar-refractivity contribution < 1.29 is 33.1 Å². The molecule has 1 saturated heterocycles. The lowest BCUT2D eigenvalue weighted by atomic mass is 10.1. The second kappa shape index (κ2) is 9.74. The highest BCUT2D eigenvalue weighted by Crippen LogP contribution is 2.27. The van der Waals surface area contributed by atoms with Crippen molar-refractivity contribution >= 4 is 29.3 Å². The summed E-state index contributed by atoms with van der Waals surface area (Å²) in [6, 6.07) is 14.6. The summed E-state index contributed by atoms with van der Waals surface area (Å²) in [7, 11) is 0. The smallest absolute Gasteiger partial charge is 0.379 e. The lowest BCUT2D eigenvalue weighted by molar-refractivity contribution is -0.147. The Balaban J connectivity index is 1.29. The molecule has 0 aliphatic carbocycles. The van der Waals surface area contributed by atoms with E-state index in [1.165, 1.54) is 36.6 Å². The summed E-state index contributed by atoms with van der Waals surface area (Å²) >= 11 is 0. The van der Waals surface area contributed by atoms with Gasteiger partial charge in [-0.3, -0.25) is 14.4 Å². The van der Waals surface area contributed by atoms with Crippen molar-refractivity contribution in [2.45, 2.75) is 20.3 Å². The van der Waals surface area contributed by atoms with Crippen LogP contribution in [-0.2, 0) is 14.3 Å². The molecule has 34 heavy (non-hydrogen) atoms. The molecule has 0 saturated carbocycles. The summed E-state index contributed by atoms with van der Waals surface area (Å²) < 4.78 is 15.3. The van der Waals surface area contributed by atoms with E-state index in [0.717, 1.165) is 16.8 Å². The van der Waals surface area contributed by atoms with Gasteiger partial charge in [-0.1, -0.05) is 6.07 Å². The highest BCUT2D eigenvalue weighted by molar-refractivity contribution is 6.01. The number of nitrogens with zero attached hydrogens (tertiary/aromatic N) is 1. The van der Waals surface area contributed by atoms with Gasteiger partial charge in [0.15, 0.2) is 12.4 Å². The van der Waals surface area contributed by atoms with E-state index in [1.54, 1.807) is 11.0 Å². The van der Waals surface area contributed by atoms with Crippen LogP contribution >= 0.6 is 0 Å². The normalized spacial score (nSPS) is 15.3. The minimum absolute atomic E-state index is 0.0374. The SMILES string of the molecule is Cc1ccc(N2C[C@H](C(=O)OCC(=O)c3ccc(OC(=O)c4ccco4)cc3)CC2=O)cc1C. The van der Waals surface area contributed by atoms with Crippen molar-refractivity contribution in [1.82, 2.24) is 0 Å². The van der Waals surface area contributed by atoms with Crippen molar-refractivity contribution in [3.05, 3.63) is 83.3 Å². The average molecular weight is 461 g/mol. The zero-order valence-electron chi connectivity index (χ0n) is 18.8. The van der Waals surface area contributed by atoms with Gasteiger partial charge in [-0.05, 0) is 73.5 Å². The molecule has 1 aromatic heterocycles. The van der Waals surface area contributed by atoms with Crippen LogP contribution < -0.4 is 9.64 Å². The summed E-state index contributed by atoms with van der Waals surface area (Å²) in [6.45, 7) is 3.72. The van der Waals surface area contributed by atoms with Crippen molar-refractivity contribution in [2.24, 2.45) is 5.92 Å². The van der Waals surface area contributed by atoms with Crippen LogP contribution in [0.4, 0.5) is 5.69 Å². The van der Waals surface area contributed by atoms with Crippen molar-refractivity contribution in [3.8, 4) is 5.75 Å². The number of ketones is 1. The second-order valence-corrected chi connectivity index (χ2v) is 8.10. The predicted octanol–water partition coefficient (Wildman–Crippen LogP) is 3.89. The third-order valence-corrected chi connectivity index (χ3v) is 5.72. The molecule has 174 valence electrons. The van der Waals surface area contributed by atoms with E-state index >= 15 is 0 Å². The average Bonchev–Trinajstić information content (AvgIpc) is 3.50. The number of aryl methyl sites for hydroxylation is 2. The van der Waals surface area contributed by atoms with E-state index in [0.29, 0.717) is 5.56 Å². The molecule has 0 bridgehead atoms. The molecule has 0 unspecified atom stereocenters. The first-order chi connectivity index (χ1) is 16.3. The Morgan fingerprint density at radius 3 is 2.47 bits per heavy atom. The Kier molecular flexibility index (Phi) is 6.58. The lowest BCUT2D eigenvalue weighted by Crippen LogP contribution is -2.27. The molecule has 8 heteroatoms. The van der Waals surface area contributed by atoms with E-state index in [1.807, 2.05) is 32.0 Å². The molecular weight excluding hydrogens is 438 g/mol. The standard InChI is InChI=1S/C26H23NO7/c1-16-5-8-20(12-17(16)2)27-14-19(13-24(27)29)25(30)33-15-22(28)18-6-9-21(10-7-18)34-26(31)23-4-3-11-32-23/h3-12,19H,13-15H2,1-2H3/t19-/m1/s1. The molecule has 1 aliphatic rings. The molecule has 4 rings (SSSR count). The Labute approximate surface area is 196 Å². The summed E-state index contributed by atoms with van der Waals surface area (Å²) in [5.41, 5.74) is 3.22. The summed E-state index contributed by atoms with van der Waals surface area (Å²) in [6.07, 6.45) is 1.40. The first-order valence-electron chi connectivity index (χ1n) is 10.7. The Morgan fingerprint density at radius 1 is 1.03 bits per heavy atom. The number of Topliss-reactive ketones (excluding diaryl/α,β-unsaturated/α-hetero) is 1. The van der Waals surface area contributed by atoms with Gasteiger partial charge in [0.1, 0.15) is 5.75 Å². The van der Waals surface area contributed by atoms with E-state index in [-0.39, 0.29) is 30.4 Å². The summed E-state index contributed by atoms with van der Waals surface area (Å²) in [5, 5.41) is 0. The van der Waals surface area contributed by atoms with Crippen LogP contribution in [0.5, 0.6) is 5.75 Å².